The first-order valence-electron chi connectivity index (χ1n) is 8.91. The number of hydrogen-bond donors (Lipinski definition) is 1. The Hall–Kier alpha value is -2.20. The fourth-order valence-corrected chi connectivity index (χ4v) is 4.02. The first-order chi connectivity index (χ1) is 13.1. The quantitative estimate of drug-likeness (QED) is 0.813. The van der Waals surface area contributed by atoms with E-state index in [1.165, 1.54) is 6.42 Å². The van der Waals surface area contributed by atoms with Gasteiger partial charge in [0.2, 0.25) is 16.0 Å². The number of alkyl halides is 3. The molecule has 0 amide bonds. The number of hydrogen-bond acceptors (Lipinski definition) is 5. The number of piperidine rings is 1. The van der Waals surface area contributed by atoms with E-state index < -0.39 is 21.8 Å². The summed E-state index contributed by atoms with van der Waals surface area (Å²) in [6.07, 6.45) is -1.22. The van der Waals surface area contributed by atoms with Gasteiger partial charge >= 0.3 is 6.18 Å². The van der Waals surface area contributed by atoms with Crippen molar-refractivity contribution in [3.05, 3.63) is 47.3 Å². The Kier molecular flexibility index (Phi) is 5.90. The van der Waals surface area contributed by atoms with Gasteiger partial charge in [0.05, 0.1) is 22.7 Å². The van der Waals surface area contributed by atoms with Gasteiger partial charge in [-0.15, -0.1) is 0 Å². The molecule has 3 rings (SSSR count). The number of nitrogens with zero attached hydrogens (tertiary/aromatic N) is 3. The highest BCUT2D eigenvalue weighted by Gasteiger charge is 2.30. The fourth-order valence-electron chi connectivity index (χ4n) is 3.02. The monoisotopic (exact) mass is 414 g/mol. The van der Waals surface area contributed by atoms with Crippen LogP contribution in [-0.4, -0.2) is 31.5 Å². The molecule has 10 heteroatoms. The normalized spacial score (nSPS) is 15.6. The molecule has 1 saturated heterocycles. The van der Waals surface area contributed by atoms with E-state index in [0.717, 1.165) is 55.9 Å². The van der Waals surface area contributed by atoms with Crippen molar-refractivity contribution in [3.63, 3.8) is 0 Å². The van der Waals surface area contributed by atoms with Crippen LogP contribution in [0.2, 0.25) is 0 Å². The second-order valence-corrected chi connectivity index (χ2v) is 8.46. The summed E-state index contributed by atoms with van der Waals surface area (Å²) >= 11 is 0. The molecule has 1 aromatic carbocycles. The summed E-state index contributed by atoms with van der Waals surface area (Å²) < 4.78 is 65.1. The molecule has 152 valence electrons. The first kappa shape index (κ1) is 20.5. The molecule has 28 heavy (non-hydrogen) atoms. The average Bonchev–Trinajstić information content (AvgIpc) is 2.66. The lowest BCUT2D eigenvalue weighted by molar-refractivity contribution is -0.137. The number of rotatable bonds is 5. The van der Waals surface area contributed by atoms with Crippen molar-refractivity contribution in [1.29, 1.82) is 0 Å². The first-order valence-corrected chi connectivity index (χ1v) is 10.4. The van der Waals surface area contributed by atoms with Crippen LogP contribution in [0.3, 0.4) is 0 Å². The predicted octanol–water partition coefficient (Wildman–Crippen LogP) is 3.27. The summed E-state index contributed by atoms with van der Waals surface area (Å²) in [5, 5.41) is 0. The van der Waals surface area contributed by atoms with Crippen LogP contribution < -0.4 is 9.62 Å². The van der Waals surface area contributed by atoms with Crippen LogP contribution >= 0.6 is 0 Å². The molecule has 1 aromatic heterocycles. The van der Waals surface area contributed by atoms with E-state index in [-0.39, 0.29) is 11.4 Å². The van der Waals surface area contributed by atoms with E-state index >= 15 is 0 Å². The zero-order valence-electron chi connectivity index (χ0n) is 15.3. The summed E-state index contributed by atoms with van der Waals surface area (Å²) in [4.78, 5) is 10.7. The van der Waals surface area contributed by atoms with Crippen molar-refractivity contribution in [2.45, 2.75) is 43.8 Å². The number of nitrogens with one attached hydrogen (secondary N) is 1. The van der Waals surface area contributed by atoms with E-state index in [0.29, 0.717) is 11.6 Å². The smallest absolute Gasteiger partial charge is 0.341 e. The van der Waals surface area contributed by atoms with Crippen LogP contribution in [0.15, 0.2) is 35.2 Å². The topological polar surface area (TPSA) is 75.2 Å². The van der Waals surface area contributed by atoms with Gasteiger partial charge in [-0.2, -0.15) is 13.2 Å². The van der Waals surface area contributed by atoms with Gasteiger partial charge in [-0.05, 0) is 56.5 Å². The van der Waals surface area contributed by atoms with Crippen LogP contribution in [0, 0.1) is 6.92 Å². The maximum atomic E-state index is 12.6. The molecule has 2 heterocycles. The van der Waals surface area contributed by atoms with E-state index in [4.69, 9.17) is 0 Å². The minimum atomic E-state index is -4.51. The molecule has 1 fully saturated rings. The second kappa shape index (κ2) is 8.04. The summed E-state index contributed by atoms with van der Waals surface area (Å²) in [5.41, 5.74) is 0.326. The van der Waals surface area contributed by atoms with Gasteiger partial charge in [0.1, 0.15) is 0 Å². The number of aryl methyl sites for hydroxylation is 1. The molecule has 0 aliphatic carbocycles. The number of anilines is 1. The molecule has 6 nitrogen and oxygen atoms in total. The van der Waals surface area contributed by atoms with Crippen LogP contribution in [0.25, 0.3) is 0 Å². The zero-order chi connectivity index (χ0) is 20.4. The Bertz CT molecular complexity index is 925. The molecule has 0 bridgehead atoms. The molecule has 1 aliphatic rings. The highest BCUT2D eigenvalue weighted by atomic mass is 32.2. The molecule has 2 aromatic rings. The number of halogens is 3. The van der Waals surface area contributed by atoms with Crippen LogP contribution in [-0.2, 0) is 22.7 Å². The molecule has 1 N–H and O–H groups in total. The van der Waals surface area contributed by atoms with E-state index in [1.54, 1.807) is 6.07 Å². The van der Waals surface area contributed by atoms with E-state index in [9.17, 15) is 21.6 Å². The van der Waals surface area contributed by atoms with Crippen LogP contribution in [0.1, 0.15) is 36.2 Å². The molecule has 0 spiro atoms. The number of sulfonamides is 1. The molecular weight excluding hydrogens is 393 g/mol. The van der Waals surface area contributed by atoms with E-state index in [2.05, 4.69) is 19.6 Å². The Morgan fingerprint density at radius 3 is 2.32 bits per heavy atom. The Morgan fingerprint density at radius 2 is 1.71 bits per heavy atom. The highest BCUT2D eigenvalue weighted by Crippen LogP contribution is 2.29. The van der Waals surface area contributed by atoms with Gasteiger partial charge in [0.15, 0.2) is 0 Å². The number of aromatic nitrogens is 2. The van der Waals surface area contributed by atoms with Gasteiger partial charge in [-0.25, -0.2) is 23.1 Å². The molecular formula is C18H21F3N4O2S. The molecule has 0 radical (unpaired) electrons. The summed E-state index contributed by atoms with van der Waals surface area (Å²) in [5.74, 6) is 0.573. The van der Waals surface area contributed by atoms with Crippen molar-refractivity contribution < 1.29 is 21.6 Å². The highest BCUT2D eigenvalue weighted by molar-refractivity contribution is 7.89. The third-order valence-electron chi connectivity index (χ3n) is 4.47. The second-order valence-electron chi connectivity index (χ2n) is 6.70. The van der Waals surface area contributed by atoms with Crippen molar-refractivity contribution in [2.24, 2.45) is 0 Å². The Morgan fingerprint density at radius 1 is 1.07 bits per heavy atom. The van der Waals surface area contributed by atoms with Gasteiger partial charge in [0.25, 0.3) is 0 Å². The largest absolute Gasteiger partial charge is 0.416 e. The third kappa shape index (κ3) is 4.99. The van der Waals surface area contributed by atoms with Crippen LogP contribution in [0.5, 0.6) is 0 Å². The minimum Gasteiger partial charge on any atom is -0.341 e. The molecule has 0 saturated carbocycles. The van der Waals surface area contributed by atoms with Crippen molar-refractivity contribution in [1.82, 2.24) is 14.7 Å². The standard InChI is InChI=1S/C18H21F3N4O2S/c1-13-11-15(24-17(23-13)25-9-3-2-4-10-25)12-22-28(26,27)16-7-5-14(6-8-16)18(19,20)21/h5-8,11,22H,2-4,9-10,12H2,1H3. The lowest BCUT2D eigenvalue weighted by atomic mass is 10.1. The molecule has 0 unspecified atom stereocenters. The van der Waals surface area contributed by atoms with E-state index in [1.807, 2.05) is 6.92 Å². The van der Waals surface area contributed by atoms with Crippen molar-refractivity contribution in [2.75, 3.05) is 18.0 Å². The lowest BCUT2D eigenvalue weighted by Crippen LogP contribution is -2.32. The summed E-state index contributed by atoms with van der Waals surface area (Å²) in [7, 11) is -3.96. The average molecular weight is 414 g/mol. The lowest BCUT2D eigenvalue weighted by Gasteiger charge is -2.27. The Balaban J connectivity index is 1.73. The third-order valence-corrected chi connectivity index (χ3v) is 5.89. The Labute approximate surface area is 161 Å². The van der Waals surface area contributed by atoms with Gasteiger partial charge < -0.3 is 4.90 Å². The summed E-state index contributed by atoms with van der Waals surface area (Å²) in [6.45, 7) is 3.46. The fraction of sp³-hybridized carbons (Fsp3) is 0.444. The SMILES string of the molecule is Cc1cc(CNS(=O)(=O)c2ccc(C(F)(F)F)cc2)nc(N2CCCCC2)n1. The minimum absolute atomic E-state index is 0.0758. The number of benzene rings is 1. The predicted molar refractivity (Wildman–Crippen MR) is 98.3 cm³/mol. The van der Waals surface area contributed by atoms with Crippen LogP contribution in [0.4, 0.5) is 19.1 Å². The van der Waals surface area contributed by atoms with Crippen molar-refractivity contribution in [3.8, 4) is 0 Å². The zero-order valence-corrected chi connectivity index (χ0v) is 16.1. The van der Waals surface area contributed by atoms with Gasteiger partial charge in [-0.3, -0.25) is 0 Å². The summed E-state index contributed by atoms with van der Waals surface area (Å²) in [6, 6.07) is 5.06. The van der Waals surface area contributed by atoms with Crippen molar-refractivity contribution >= 4 is 16.0 Å². The van der Waals surface area contributed by atoms with Gasteiger partial charge in [-0.1, -0.05) is 0 Å². The maximum Gasteiger partial charge on any atom is 0.416 e. The maximum absolute atomic E-state index is 12.6. The molecule has 0 atom stereocenters. The molecule has 1 aliphatic heterocycles. The van der Waals surface area contributed by atoms with Gasteiger partial charge in [0, 0.05) is 18.8 Å².